The summed E-state index contributed by atoms with van der Waals surface area (Å²) in [5.41, 5.74) is 0. The van der Waals surface area contributed by atoms with Crippen LogP contribution in [0.4, 0.5) is 0 Å². The van der Waals surface area contributed by atoms with E-state index in [1.165, 1.54) is 0 Å². The highest BCUT2D eigenvalue weighted by Crippen LogP contribution is 2.19. The molecule has 3 nitrogen and oxygen atoms in total. The van der Waals surface area contributed by atoms with Crippen LogP contribution >= 0.6 is 0 Å². The van der Waals surface area contributed by atoms with Crippen molar-refractivity contribution >= 4 is 5.91 Å². The minimum atomic E-state index is 0.176. The number of rotatable bonds is 3. The van der Waals surface area contributed by atoms with Crippen LogP contribution in [0.15, 0.2) is 0 Å². The summed E-state index contributed by atoms with van der Waals surface area (Å²) in [5.74, 6) is 0.715. The number of carbonyl (C=O) groups excluding carboxylic acids is 1. The average Bonchev–Trinajstić information content (AvgIpc) is 2.36. The molecule has 1 aliphatic rings. The zero-order valence-corrected chi connectivity index (χ0v) is 7.09. The summed E-state index contributed by atoms with van der Waals surface area (Å²) >= 11 is 0. The number of methoxy groups -OCH3 is 1. The van der Waals surface area contributed by atoms with Crippen LogP contribution in [0.5, 0.6) is 0 Å². The fraction of sp³-hybridized carbons (Fsp3) is 0.875. The molecule has 1 amide bonds. The van der Waals surface area contributed by atoms with Gasteiger partial charge in [-0.3, -0.25) is 4.79 Å². The molecule has 64 valence electrons. The normalized spacial score (nSPS) is 26.7. The molecule has 0 spiro atoms. The molecule has 0 radical (unpaired) electrons. The molecule has 1 heterocycles. The van der Waals surface area contributed by atoms with Crippen LogP contribution in [-0.4, -0.2) is 26.2 Å². The van der Waals surface area contributed by atoms with E-state index in [0.717, 1.165) is 13.0 Å². The smallest absolute Gasteiger partial charge is 0.223 e. The molecule has 1 rings (SSSR count). The largest absolute Gasteiger partial charge is 0.384 e. The van der Waals surface area contributed by atoms with Crippen molar-refractivity contribution in [3.63, 3.8) is 0 Å². The van der Waals surface area contributed by atoms with E-state index in [-0.39, 0.29) is 11.8 Å². The Morgan fingerprint density at radius 2 is 2.55 bits per heavy atom. The lowest BCUT2D eigenvalue weighted by Gasteiger charge is -2.14. The van der Waals surface area contributed by atoms with Crippen LogP contribution in [0.25, 0.3) is 0 Å². The van der Waals surface area contributed by atoms with Gasteiger partial charge in [0, 0.05) is 26.2 Å². The molecule has 1 saturated heterocycles. The maximum Gasteiger partial charge on any atom is 0.223 e. The first-order valence-electron chi connectivity index (χ1n) is 4.02. The zero-order valence-electron chi connectivity index (χ0n) is 7.09. The van der Waals surface area contributed by atoms with E-state index in [2.05, 4.69) is 12.2 Å². The molecule has 2 atom stereocenters. The fourth-order valence-electron chi connectivity index (χ4n) is 1.54. The maximum absolute atomic E-state index is 11.1. The highest BCUT2D eigenvalue weighted by molar-refractivity contribution is 5.80. The van der Waals surface area contributed by atoms with E-state index in [0.29, 0.717) is 12.5 Å². The highest BCUT2D eigenvalue weighted by Gasteiger charge is 2.28. The first-order valence-corrected chi connectivity index (χ1v) is 4.02. The van der Waals surface area contributed by atoms with Gasteiger partial charge in [0.2, 0.25) is 5.91 Å². The van der Waals surface area contributed by atoms with E-state index in [1.54, 1.807) is 7.11 Å². The van der Waals surface area contributed by atoms with Crippen LogP contribution in [0, 0.1) is 11.8 Å². The number of amides is 1. The van der Waals surface area contributed by atoms with Crippen LogP contribution < -0.4 is 5.32 Å². The van der Waals surface area contributed by atoms with Crippen LogP contribution in [0.2, 0.25) is 0 Å². The van der Waals surface area contributed by atoms with Gasteiger partial charge in [-0.05, 0) is 12.3 Å². The average molecular weight is 157 g/mol. The van der Waals surface area contributed by atoms with Crippen molar-refractivity contribution in [2.24, 2.45) is 11.8 Å². The van der Waals surface area contributed by atoms with E-state index in [4.69, 9.17) is 4.74 Å². The van der Waals surface area contributed by atoms with Crippen molar-refractivity contribution in [2.45, 2.75) is 13.3 Å². The van der Waals surface area contributed by atoms with E-state index in [1.807, 2.05) is 0 Å². The summed E-state index contributed by atoms with van der Waals surface area (Å²) in [6.45, 7) is 3.56. The third-order valence-corrected chi connectivity index (χ3v) is 2.21. The highest BCUT2D eigenvalue weighted by atomic mass is 16.5. The second-order valence-corrected chi connectivity index (χ2v) is 3.12. The van der Waals surface area contributed by atoms with Crippen molar-refractivity contribution in [3.05, 3.63) is 0 Å². The summed E-state index contributed by atoms with van der Waals surface area (Å²) < 4.78 is 4.98. The molecule has 11 heavy (non-hydrogen) atoms. The quantitative estimate of drug-likeness (QED) is 0.644. The predicted molar refractivity (Wildman–Crippen MR) is 42.2 cm³/mol. The van der Waals surface area contributed by atoms with Gasteiger partial charge in [0.15, 0.2) is 0 Å². The molecular weight excluding hydrogens is 142 g/mol. The SMILES string of the molecule is COCC(C)C1CCNC1=O. The van der Waals surface area contributed by atoms with Crippen molar-refractivity contribution in [1.29, 1.82) is 0 Å². The lowest BCUT2D eigenvalue weighted by Crippen LogP contribution is -2.25. The third kappa shape index (κ3) is 1.93. The summed E-state index contributed by atoms with van der Waals surface area (Å²) in [6, 6.07) is 0. The van der Waals surface area contributed by atoms with Gasteiger partial charge in [-0.25, -0.2) is 0 Å². The molecule has 1 fully saturated rings. The summed E-state index contributed by atoms with van der Waals surface area (Å²) in [7, 11) is 1.67. The van der Waals surface area contributed by atoms with Gasteiger partial charge in [-0.15, -0.1) is 0 Å². The Bertz CT molecular complexity index is 147. The number of hydrogen-bond acceptors (Lipinski definition) is 2. The Labute approximate surface area is 67.1 Å². The summed E-state index contributed by atoms with van der Waals surface area (Å²) in [4.78, 5) is 11.1. The Morgan fingerprint density at radius 3 is 3.00 bits per heavy atom. The van der Waals surface area contributed by atoms with Crippen molar-refractivity contribution < 1.29 is 9.53 Å². The molecule has 0 aromatic carbocycles. The first-order chi connectivity index (χ1) is 5.25. The molecule has 0 aromatic heterocycles. The van der Waals surface area contributed by atoms with E-state index in [9.17, 15) is 4.79 Å². The Hall–Kier alpha value is -0.570. The Morgan fingerprint density at radius 1 is 1.82 bits per heavy atom. The molecule has 0 saturated carbocycles. The molecule has 2 unspecified atom stereocenters. The molecule has 0 aromatic rings. The molecule has 3 heteroatoms. The molecule has 1 N–H and O–H groups in total. The number of carbonyl (C=O) groups is 1. The minimum absolute atomic E-state index is 0.176. The lowest BCUT2D eigenvalue weighted by molar-refractivity contribution is -0.124. The number of ether oxygens (including phenoxy) is 1. The van der Waals surface area contributed by atoms with Gasteiger partial charge >= 0.3 is 0 Å². The van der Waals surface area contributed by atoms with Gasteiger partial charge in [0.1, 0.15) is 0 Å². The van der Waals surface area contributed by atoms with Gasteiger partial charge in [-0.1, -0.05) is 6.92 Å². The number of hydrogen-bond donors (Lipinski definition) is 1. The van der Waals surface area contributed by atoms with Crippen molar-refractivity contribution in [1.82, 2.24) is 5.32 Å². The topological polar surface area (TPSA) is 38.3 Å². The summed E-state index contributed by atoms with van der Waals surface area (Å²) in [6.07, 6.45) is 0.962. The third-order valence-electron chi connectivity index (χ3n) is 2.21. The van der Waals surface area contributed by atoms with Crippen molar-refractivity contribution in [3.8, 4) is 0 Å². The van der Waals surface area contributed by atoms with Crippen LogP contribution in [-0.2, 0) is 9.53 Å². The number of nitrogens with one attached hydrogen (secondary N) is 1. The maximum atomic E-state index is 11.1. The molecule has 1 aliphatic heterocycles. The molecular formula is C8H15NO2. The Balaban J connectivity index is 2.39. The second kappa shape index (κ2) is 3.72. The molecule has 0 aliphatic carbocycles. The van der Waals surface area contributed by atoms with Gasteiger partial charge in [-0.2, -0.15) is 0 Å². The first kappa shape index (κ1) is 8.53. The zero-order chi connectivity index (χ0) is 8.27. The van der Waals surface area contributed by atoms with Gasteiger partial charge < -0.3 is 10.1 Å². The Kier molecular flexibility index (Phi) is 2.88. The van der Waals surface area contributed by atoms with Gasteiger partial charge in [0.25, 0.3) is 0 Å². The second-order valence-electron chi connectivity index (χ2n) is 3.12. The van der Waals surface area contributed by atoms with E-state index < -0.39 is 0 Å². The fourth-order valence-corrected chi connectivity index (χ4v) is 1.54. The van der Waals surface area contributed by atoms with E-state index >= 15 is 0 Å². The van der Waals surface area contributed by atoms with Crippen LogP contribution in [0.3, 0.4) is 0 Å². The molecule has 0 bridgehead atoms. The monoisotopic (exact) mass is 157 g/mol. The van der Waals surface area contributed by atoms with Crippen molar-refractivity contribution in [2.75, 3.05) is 20.3 Å². The van der Waals surface area contributed by atoms with Crippen LogP contribution in [0.1, 0.15) is 13.3 Å². The lowest BCUT2D eigenvalue weighted by atomic mass is 9.93. The predicted octanol–water partition coefficient (Wildman–Crippen LogP) is 0.405. The summed E-state index contributed by atoms with van der Waals surface area (Å²) in [5, 5.41) is 2.81. The minimum Gasteiger partial charge on any atom is -0.384 e. The van der Waals surface area contributed by atoms with Gasteiger partial charge in [0.05, 0.1) is 0 Å². The standard InChI is InChI=1S/C8H15NO2/c1-6(5-11-2)7-3-4-9-8(7)10/h6-7H,3-5H2,1-2H3,(H,9,10).